The molecule has 102 valence electrons. The van der Waals surface area contributed by atoms with Crippen LogP contribution in [-0.2, 0) is 4.74 Å². The maximum Gasteiger partial charge on any atom is 0.0599 e. The topological polar surface area (TPSA) is 24.5 Å². The molecule has 0 unspecified atom stereocenters. The second-order valence-electron chi connectivity index (χ2n) is 6.04. The maximum absolute atomic E-state index is 5.68. The Bertz CT molecular complexity index is 193. The lowest BCUT2D eigenvalue weighted by molar-refractivity contribution is -0.00120. The minimum absolute atomic E-state index is 0.00581. The zero-order chi connectivity index (χ0) is 12.7. The number of likely N-dealkylation sites (tertiary alicyclic amines) is 1. The van der Waals surface area contributed by atoms with Crippen LogP contribution in [0.3, 0.4) is 0 Å². The zero-order valence-corrected chi connectivity index (χ0v) is 12.1. The van der Waals surface area contributed by atoms with Gasteiger partial charge in [-0.2, -0.15) is 0 Å². The summed E-state index contributed by atoms with van der Waals surface area (Å²) >= 11 is 0. The first kappa shape index (κ1) is 14.9. The van der Waals surface area contributed by atoms with Crippen molar-refractivity contribution in [2.75, 3.05) is 39.3 Å². The van der Waals surface area contributed by atoms with Crippen LogP contribution in [0.2, 0.25) is 0 Å². The Morgan fingerprint density at radius 3 is 2.41 bits per heavy atom. The van der Waals surface area contributed by atoms with E-state index in [-0.39, 0.29) is 5.60 Å². The summed E-state index contributed by atoms with van der Waals surface area (Å²) < 4.78 is 5.68. The van der Waals surface area contributed by atoms with Gasteiger partial charge >= 0.3 is 0 Å². The molecule has 0 aromatic rings. The van der Waals surface area contributed by atoms with Crippen molar-refractivity contribution in [3.63, 3.8) is 0 Å². The van der Waals surface area contributed by atoms with Gasteiger partial charge in [-0.3, -0.25) is 0 Å². The first-order valence-electron chi connectivity index (χ1n) is 7.08. The van der Waals surface area contributed by atoms with Crippen LogP contribution in [0.4, 0.5) is 0 Å². The van der Waals surface area contributed by atoms with Crippen molar-refractivity contribution >= 4 is 0 Å². The van der Waals surface area contributed by atoms with Crippen LogP contribution in [0.5, 0.6) is 0 Å². The highest BCUT2D eigenvalue weighted by molar-refractivity contribution is 4.73. The van der Waals surface area contributed by atoms with Crippen molar-refractivity contribution in [1.82, 2.24) is 10.2 Å². The summed E-state index contributed by atoms with van der Waals surface area (Å²) in [4.78, 5) is 2.54. The summed E-state index contributed by atoms with van der Waals surface area (Å²) in [6.07, 6.45) is 2.70. The summed E-state index contributed by atoms with van der Waals surface area (Å²) in [7, 11) is 0. The zero-order valence-electron chi connectivity index (χ0n) is 12.1. The van der Waals surface area contributed by atoms with Gasteiger partial charge in [0.2, 0.25) is 0 Å². The molecule has 0 spiro atoms. The third-order valence-electron chi connectivity index (χ3n) is 3.40. The van der Waals surface area contributed by atoms with Crippen molar-refractivity contribution in [2.24, 2.45) is 5.92 Å². The van der Waals surface area contributed by atoms with Crippen molar-refractivity contribution in [1.29, 1.82) is 0 Å². The fourth-order valence-electron chi connectivity index (χ4n) is 2.24. The maximum atomic E-state index is 5.68. The fraction of sp³-hybridized carbons (Fsp3) is 1.00. The average Bonchev–Trinajstić information content (AvgIpc) is 2.28. The molecule has 0 saturated carbocycles. The van der Waals surface area contributed by atoms with Gasteiger partial charge in [0, 0.05) is 6.54 Å². The number of piperidine rings is 1. The number of nitrogens with zero attached hydrogens (tertiary/aromatic N) is 1. The minimum atomic E-state index is -0.00581. The van der Waals surface area contributed by atoms with E-state index >= 15 is 0 Å². The number of rotatable bonds is 6. The lowest BCUT2D eigenvalue weighted by Gasteiger charge is -2.31. The molecule has 0 radical (unpaired) electrons. The van der Waals surface area contributed by atoms with Crippen LogP contribution in [0, 0.1) is 5.92 Å². The lowest BCUT2D eigenvalue weighted by Crippen LogP contribution is -2.38. The van der Waals surface area contributed by atoms with Crippen molar-refractivity contribution in [2.45, 2.75) is 46.1 Å². The van der Waals surface area contributed by atoms with E-state index in [0.717, 1.165) is 25.6 Å². The van der Waals surface area contributed by atoms with Crippen molar-refractivity contribution in [3.05, 3.63) is 0 Å². The molecule has 1 fully saturated rings. The van der Waals surface area contributed by atoms with Gasteiger partial charge in [-0.15, -0.1) is 0 Å². The van der Waals surface area contributed by atoms with Crippen molar-refractivity contribution < 1.29 is 4.74 Å². The Morgan fingerprint density at radius 2 is 1.88 bits per heavy atom. The molecule has 1 saturated heterocycles. The summed E-state index contributed by atoms with van der Waals surface area (Å²) in [5.74, 6) is 0.868. The second-order valence-corrected chi connectivity index (χ2v) is 6.04. The predicted molar refractivity (Wildman–Crippen MR) is 73.4 cm³/mol. The molecule has 3 heteroatoms. The van der Waals surface area contributed by atoms with Gasteiger partial charge < -0.3 is 15.0 Å². The van der Waals surface area contributed by atoms with Crippen LogP contribution in [0.15, 0.2) is 0 Å². The molecule has 0 bridgehead atoms. The van der Waals surface area contributed by atoms with E-state index in [4.69, 9.17) is 4.74 Å². The lowest BCUT2D eigenvalue weighted by atomic mass is 9.97. The highest BCUT2D eigenvalue weighted by Gasteiger charge is 2.17. The van der Waals surface area contributed by atoms with Crippen LogP contribution >= 0.6 is 0 Å². The Balaban J connectivity index is 1.97. The van der Waals surface area contributed by atoms with Gasteiger partial charge in [-0.1, -0.05) is 6.92 Å². The molecule has 1 N–H and O–H groups in total. The molecule has 1 aliphatic rings. The van der Waals surface area contributed by atoms with Crippen LogP contribution in [0.25, 0.3) is 0 Å². The summed E-state index contributed by atoms with van der Waals surface area (Å²) in [6.45, 7) is 15.3. The third kappa shape index (κ3) is 7.02. The normalized spacial score (nSPS) is 19.8. The quantitative estimate of drug-likeness (QED) is 0.722. The van der Waals surface area contributed by atoms with Gasteiger partial charge in [0.25, 0.3) is 0 Å². The number of ether oxygens (including phenoxy) is 1. The summed E-state index contributed by atoms with van der Waals surface area (Å²) in [6, 6.07) is 0. The Kier molecular flexibility index (Phi) is 6.45. The largest absolute Gasteiger partial charge is 0.375 e. The fourth-order valence-corrected chi connectivity index (χ4v) is 2.24. The minimum Gasteiger partial charge on any atom is -0.375 e. The smallest absolute Gasteiger partial charge is 0.0599 e. The highest BCUT2D eigenvalue weighted by Crippen LogP contribution is 2.15. The van der Waals surface area contributed by atoms with Gasteiger partial charge in [0.15, 0.2) is 0 Å². The van der Waals surface area contributed by atoms with Crippen molar-refractivity contribution in [3.8, 4) is 0 Å². The average molecular weight is 242 g/mol. The van der Waals surface area contributed by atoms with Crippen LogP contribution in [-0.4, -0.2) is 49.8 Å². The van der Waals surface area contributed by atoms with Crippen LogP contribution in [0.1, 0.15) is 40.5 Å². The molecular formula is C14H30N2O. The molecule has 17 heavy (non-hydrogen) atoms. The summed E-state index contributed by atoms with van der Waals surface area (Å²) in [5, 5.41) is 3.52. The Hall–Kier alpha value is -0.120. The van der Waals surface area contributed by atoms with Gasteiger partial charge in [-0.25, -0.2) is 0 Å². The predicted octanol–water partition coefficient (Wildman–Crippen LogP) is 2.12. The first-order valence-corrected chi connectivity index (χ1v) is 7.08. The molecule has 1 rings (SSSR count). The van der Waals surface area contributed by atoms with Gasteiger partial charge in [0.05, 0.1) is 12.2 Å². The molecule has 0 atom stereocenters. The molecule has 0 aliphatic carbocycles. The second kappa shape index (κ2) is 7.34. The van der Waals surface area contributed by atoms with Gasteiger partial charge in [-0.05, 0) is 65.7 Å². The monoisotopic (exact) mass is 242 g/mol. The Morgan fingerprint density at radius 1 is 1.24 bits per heavy atom. The first-order chi connectivity index (χ1) is 8.01. The SMILES string of the molecule is CCN1CCC(CNCCOC(C)(C)C)CC1. The molecule has 1 aliphatic heterocycles. The molecule has 3 nitrogen and oxygen atoms in total. The van der Waals surface area contributed by atoms with E-state index < -0.39 is 0 Å². The molecule has 0 aromatic heterocycles. The van der Waals surface area contributed by atoms with E-state index in [2.05, 4.69) is 37.9 Å². The number of hydrogen-bond acceptors (Lipinski definition) is 3. The van der Waals surface area contributed by atoms with Gasteiger partial charge in [0.1, 0.15) is 0 Å². The number of nitrogens with one attached hydrogen (secondary N) is 1. The molecule has 1 heterocycles. The van der Waals surface area contributed by atoms with E-state index in [1.807, 2.05) is 0 Å². The third-order valence-corrected chi connectivity index (χ3v) is 3.40. The number of hydrogen-bond donors (Lipinski definition) is 1. The summed E-state index contributed by atoms with van der Waals surface area (Å²) in [5.41, 5.74) is -0.00581. The standard InChI is InChI=1S/C14H30N2O/c1-5-16-9-6-13(7-10-16)12-15-8-11-17-14(2,3)4/h13,15H,5-12H2,1-4H3. The highest BCUT2D eigenvalue weighted by atomic mass is 16.5. The van der Waals surface area contributed by atoms with E-state index in [0.29, 0.717) is 0 Å². The molecular weight excluding hydrogens is 212 g/mol. The Labute approximate surface area is 107 Å². The molecule has 0 aromatic carbocycles. The molecule has 0 amide bonds. The van der Waals surface area contributed by atoms with E-state index in [9.17, 15) is 0 Å². The van der Waals surface area contributed by atoms with Crippen LogP contribution < -0.4 is 5.32 Å². The van der Waals surface area contributed by atoms with E-state index in [1.54, 1.807) is 0 Å². The van der Waals surface area contributed by atoms with E-state index in [1.165, 1.54) is 32.5 Å².